The minimum absolute atomic E-state index is 0.0147. The van der Waals surface area contributed by atoms with Crippen molar-refractivity contribution in [2.45, 2.75) is 37.1 Å². The van der Waals surface area contributed by atoms with Crippen molar-refractivity contribution in [3.05, 3.63) is 41.5 Å². The zero-order chi connectivity index (χ0) is 16.9. The Hall–Kier alpha value is -1.93. The molecule has 0 aliphatic carbocycles. The molecule has 1 aliphatic heterocycles. The first-order valence-corrected chi connectivity index (χ1v) is 8.82. The smallest absolute Gasteiger partial charge is 0.230 e. The van der Waals surface area contributed by atoms with E-state index in [0.29, 0.717) is 5.16 Å². The molecule has 3 rings (SSSR count). The summed E-state index contributed by atoms with van der Waals surface area (Å²) in [7, 11) is 0. The number of hydrogen-bond acceptors (Lipinski definition) is 5. The van der Waals surface area contributed by atoms with Crippen LogP contribution in [0.3, 0.4) is 0 Å². The molecule has 2 aromatic rings. The Labute approximate surface area is 143 Å². The molecule has 24 heavy (non-hydrogen) atoms. The van der Waals surface area contributed by atoms with Crippen LogP contribution in [-0.2, 0) is 9.53 Å². The SMILES string of the molecule is C[C@@H](NC(=O)CSc1n[nH]c([C@@H]2CCCO2)n1)c1ccc(F)cc1. The van der Waals surface area contributed by atoms with Crippen LogP contribution in [0.15, 0.2) is 29.4 Å². The largest absolute Gasteiger partial charge is 0.370 e. The van der Waals surface area contributed by atoms with Crippen molar-refractivity contribution in [2.24, 2.45) is 0 Å². The Morgan fingerprint density at radius 3 is 3.00 bits per heavy atom. The van der Waals surface area contributed by atoms with Crippen LogP contribution in [0.4, 0.5) is 4.39 Å². The van der Waals surface area contributed by atoms with Gasteiger partial charge in [-0.15, -0.1) is 5.10 Å². The number of aromatic nitrogens is 3. The summed E-state index contributed by atoms with van der Waals surface area (Å²) in [6.07, 6.45) is 1.95. The lowest BCUT2D eigenvalue weighted by atomic mass is 10.1. The zero-order valence-electron chi connectivity index (χ0n) is 13.3. The first-order chi connectivity index (χ1) is 11.6. The summed E-state index contributed by atoms with van der Waals surface area (Å²) in [6.45, 7) is 2.61. The van der Waals surface area contributed by atoms with Gasteiger partial charge in [0.1, 0.15) is 11.9 Å². The molecule has 2 atom stereocenters. The summed E-state index contributed by atoms with van der Waals surface area (Å²) < 4.78 is 18.5. The van der Waals surface area contributed by atoms with Gasteiger partial charge in [0.05, 0.1) is 11.8 Å². The van der Waals surface area contributed by atoms with Gasteiger partial charge < -0.3 is 10.1 Å². The minimum Gasteiger partial charge on any atom is -0.370 e. The summed E-state index contributed by atoms with van der Waals surface area (Å²) >= 11 is 1.27. The number of thioether (sulfide) groups is 1. The maximum absolute atomic E-state index is 12.9. The van der Waals surface area contributed by atoms with E-state index in [-0.39, 0.29) is 29.6 Å². The molecule has 2 N–H and O–H groups in total. The Balaban J connectivity index is 1.47. The molecular weight excluding hydrogens is 331 g/mol. The average molecular weight is 350 g/mol. The lowest BCUT2D eigenvalue weighted by Gasteiger charge is -2.13. The van der Waals surface area contributed by atoms with Crippen LogP contribution in [0.25, 0.3) is 0 Å². The third-order valence-corrected chi connectivity index (χ3v) is 4.64. The average Bonchev–Trinajstić information content (AvgIpc) is 3.25. The van der Waals surface area contributed by atoms with Crippen molar-refractivity contribution < 1.29 is 13.9 Å². The lowest BCUT2D eigenvalue weighted by molar-refractivity contribution is -0.119. The molecule has 1 aromatic carbocycles. The molecule has 6 nitrogen and oxygen atoms in total. The van der Waals surface area contributed by atoms with E-state index in [9.17, 15) is 9.18 Å². The van der Waals surface area contributed by atoms with Gasteiger partial charge in [0.25, 0.3) is 0 Å². The molecule has 1 aliphatic rings. The number of nitrogens with zero attached hydrogens (tertiary/aromatic N) is 2. The van der Waals surface area contributed by atoms with E-state index in [1.54, 1.807) is 12.1 Å². The molecule has 1 aromatic heterocycles. The zero-order valence-corrected chi connectivity index (χ0v) is 14.1. The van der Waals surface area contributed by atoms with Crippen molar-refractivity contribution in [3.63, 3.8) is 0 Å². The van der Waals surface area contributed by atoms with Gasteiger partial charge in [0, 0.05) is 6.61 Å². The Morgan fingerprint density at radius 1 is 1.50 bits per heavy atom. The van der Waals surface area contributed by atoms with Gasteiger partial charge in [-0.3, -0.25) is 9.89 Å². The Bertz CT molecular complexity index is 686. The number of carbonyl (C=O) groups is 1. The number of rotatable bonds is 6. The Morgan fingerprint density at radius 2 is 2.29 bits per heavy atom. The quantitative estimate of drug-likeness (QED) is 0.783. The highest BCUT2D eigenvalue weighted by Gasteiger charge is 2.21. The highest BCUT2D eigenvalue weighted by molar-refractivity contribution is 7.99. The highest BCUT2D eigenvalue weighted by atomic mass is 32.2. The van der Waals surface area contributed by atoms with Crippen LogP contribution in [0.5, 0.6) is 0 Å². The van der Waals surface area contributed by atoms with Gasteiger partial charge >= 0.3 is 0 Å². The van der Waals surface area contributed by atoms with E-state index in [4.69, 9.17) is 4.74 Å². The summed E-state index contributed by atoms with van der Waals surface area (Å²) in [6, 6.07) is 5.90. The number of halogens is 1. The van der Waals surface area contributed by atoms with Crippen LogP contribution in [0, 0.1) is 5.82 Å². The second kappa shape index (κ2) is 7.76. The summed E-state index contributed by atoms with van der Waals surface area (Å²) in [5.74, 6) is 0.517. The van der Waals surface area contributed by atoms with E-state index in [0.717, 1.165) is 30.8 Å². The van der Waals surface area contributed by atoms with Crippen LogP contribution < -0.4 is 5.32 Å². The standard InChI is InChI=1S/C16H19FN4O2S/c1-10(11-4-6-12(17)7-5-11)18-14(22)9-24-16-19-15(20-21-16)13-3-2-8-23-13/h4-7,10,13H,2-3,8-9H2,1H3,(H,18,22)(H,19,20,21)/t10-,13+/m1/s1. The first-order valence-electron chi connectivity index (χ1n) is 7.83. The molecular formula is C16H19FN4O2S. The molecule has 0 spiro atoms. The second-order valence-corrected chi connectivity index (χ2v) is 6.58. The summed E-state index contributed by atoms with van der Waals surface area (Å²) in [4.78, 5) is 16.4. The van der Waals surface area contributed by atoms with E-state index >= 15 is 0 Å². The molecule has 0 radical (unpaired) electrons. The van der Waals surface area contributed by atoms with Crippen LogP contribution in [-0.4, -0.2) is 33.4 Å². The maximum atomic E-state index is 12.9. The summed E-state index contributed by atoms with van der Waals surface area (Å²) in [5.41, 5.74) is 0.855. The summed E-state index contributed by atoms with van der Waals surface area (Å²) in [5, 5.41) is 10.4. The predicted molar refractivity (Wildman–Crippen MR) is 88.0 cm³/mol. The fourth-order valence-electron chi connectivity index (χ4n) is 2.51. The normalized spacial score (nSPS) is 18.5. The van der Waals surface area contributed by atoms with Crippen molar-refractivity contribution in [3.8, 4) is 0 Å². The molecule has 1 saturated heterocycles. The molecule has 1 amide bonds. The molecule has 1 fully saturated rings. The first kappa shape index (κ1) is 16.9. The third kappa shape index (κ3) is 4.33. The third-order valence-electron chi connectivity index (χ3n) is 3.80. The molecule has 2 heterocycles. The van der Waals surface area contributed by atoms with Gasteiger partial charge in [-0.2, -0.15) is 0 Å². The van der Waals surface area contributed by atoms with E-state index in [2.05, 4.69) is 20.5 Å². The Kier molecular flexibility index (Phi) is 5.47. The number of H-pyrrole nitrogens is 1. The van der Waals surface area contributed by atoms with Gasteiger partial charge in [-0.1, -0.05) is 23.9 Å². The molecule has 128 valence electrons. The van der Waals surface area contributed by atoms with Crippen molar-refractivity contribution in [1.82, 2.24) is 20.5 Å². The fraction of sp³-hybridized carbons (Fsp3) is 0.438. The van der Waals surface area contributed by atoms with Gasteiger partial charge in [-0.05, 0) is 37.5 Å². The topological polar surface area (TPSA) is 79.9 Å². The number of hydrogen-bond donors (Lipinski definition) is 2. The molecule has 0 saturated carbocycles. The van der Waals surface area contributed by atoms with Crippen LogP contribution in [0.1, 0.15) is 43.3 Å². The van der Waals surface area contributed by atoms with Gasteiger partial charge in [0.2, 0.25) is 11.1 Å². The lowest BCUT2D eigenvalue weighted by Crippen LogP contribution is -2.28. The minimum atomic E-state index is -0.292. The van der Waals surface area contributed by atoms with E-state index in [1.165, 1.54) is 23.9 Å². The van der Waals surface area contributed by atoms with Crippen molar-refractivity contribution in [2.75, 3.05) is 12.4 Å². The number of aromatic amines is 1. The van der Waals surface area contributed by atoms with E-state index in [1.807, 2.05) is 6.92 Å². The van der Waals surface area contributed by atoms with E-state index < -0.39 is 0 Å². The second-order valence-electron chi connectivity index (χ2n) is 5.63. The monoisotopic (exact) mass is 350 g/mol. The fourth-order valence-corrected chi connectivity index (χ4v) is 3.12. The van der Waals surface area contributed by atoms with Gasteiger partial charge in [0.15, 0.2) is 5.82 Å². The van der Waals surface area contributed by atoms with Crippen LogP contribution >= 0.6 is 11.8 Å². The number of amides is 1. The molecule has 8 heteroatoms. The number of carbonyl (C=O) groups excluding carboxylic acids is 1. The predicted octanol–water partition coefficient (Wildman–Crippen LogP) is 2.76. The number of benzene rings is 1. The highest BCUT2D eigenvalue weighted by Crippen LogP contribution is 2.26. The maximum Gasteiger partial charge on any atom is 0.230 e. The van der Waals surface area contributed by atoms with Gasteiger partial charge in [-0.25, -0.2) is 9.37 Å². The van der Waals surface area contributed by atoms with Crippen LogP contribution in [0.2, 0.25) is 0 Å². The molecule has 0 bridgehead atoms. The van der Waals surface area contributed by atoms with Crippen molar-refractivity contribution >= 4 is 17.7 Å². The molecule has 0 unspecified atom stereocenters. The van der Waals surface area contributed by atoms with Crippen molar-refractivity contribution in [1.29, 1.82) is 0 Å². The number of ether oxygens (including phenoxy) is 1. The number of nitrogens with one attached hydrogen (secondary N) is 2.